The van der Waals surface area contributed by atoms with Crippen molar-refractivity contribution in [3.8, 4) is 0 Å². The average Bonchev–Trinajstić information content (AvgIpc) is 2.20. The van der Waals surface area contributed by atoms with E-state index in [4.69, 9.17) is 28.9 Å². The molecule has 0 aliphatic rings. The second-order valence-electron chi connectivity index (χ2n) is 3.58. The molecule has 1 rings (SSSR count). The van der Waals surface area contributed by atoms with Crippen LogP contribution in [0, 0.1) is 5.92 Å². The van der Waals surface area contributed by atoms with E-state index in [2.05, 4.69) is 13.8 Å². The second kappa shape index (κ2) is 6.59. The van der Waals surface area contributed by atoms with Gasteiger partial charge in [0.25, 0.3) is 0 Å². The van der Waals surface area contributed by atoms with Crippen molar-refractivity contribution in [1.29, 1.82) is 0 Å². The van der Waals surface area contributed by atoms with Gasteiger partial charge in [0.05, 0.1) is 10.0 Å². The summed E-state index contributed by atoms with van der Waals surface area (Å²) in [6.45, 7) is 4.26. The number of hydrogen-bond donors (Lipinski definition) is 1. The van der Waals surface area contributed by atoms with Gasteiger partial charge in [-0.2, -0.15) is 0 Å². The standard InChI is InChI=1S/C11H15Cl2N.ClH/c1-3-7(2)11(14)8-4-5-9(12)10(13)6-8;/h4-7,11H,3,14H2,1-2H3;1H/t7?,11-;/m1./s1. The fourth-order valence-corrected chi connectivity index (χ4v) is 1.61. The van der Waals surface area contributed by atoms with E-state index in [0.717, 1.165) is 12.0 Å². The van der Waals surface area contributed by atoms with E-state index in [1.807, 2.05) is 12.1 Å². The van der Waals surface area contributed by atoms with Crippen molar-refractivity contribution in [3.05, 3.63) is 33.8 Å². The molecule has 0 radical (unpaired) electrons. The maximum Gasteiger partial charge on any atom is 0.0595 e. The van der Waals surface area contributed by atoms with E-state index < -0.39 is 0 Å². The molecule has 0 heterocycles. The normalized spacial score (nSPS) is 14.2. The van der Waals surface area contributed by atoms with E-state index in [1.54, 1.807) is 6.07 Å². The summed E-state index contributed by atoms with van der Waals surface area (Å²) in [6, 6.07) is 5.61. The Morgan fingerprint density at radius 2 is 1.87 bits per heavy atom. The molecule has 2 atom stereocenters. The molecule has 0 amide bonds. The van der Waals surface area contributed by atoms with Crippen molar-refractivity contribution in [2.75, 3.05) is 0 Å². The van der Waals surface area contributed by atoms with Crippen LogP contribution < -0.4 is 5.73 Å². The van der Waals surface area contributed by atoms with Crippen molar-refractivity contribution in [2.45, 2.75) is 26.3 Å². The van der Waals surface area contributed by atoms with Gasteiger partial charge in [0.2, 0.25) is 0 Å². The maximum atomic E-state index is 6.07. The highest BCUT2D eigenvalue weighted by atomic mass is 35.5. The molecule has 86 valence electrons. The quantitative estimate of drug-likeness (QED) is 0.860. The number of halogens is 3. The van der Waals surface area contributed by atoms with Crippen LogP contribution in [0.25, 0.3) is 0 Å². The van der Waals surface area contributed by atoms with Crippen molar-refractivity contribution < 1.29 is 0 Å². The van der Waals surface area contributed by atoms with Crippen LogP contribution in [-0.2, 0) is 0 Å². The third-order valence-electron chi connectivity index (χ3n) is 2.59. The molecule has 1 aromatic rings. The first-order valence-corrected chi connectivity index (χ1v) is 5.52. The molecule has 0 saturated heterocycles. The van der Waals surface area contributed by atoms with Crippen molar-refractivity contribution in [2.24, 2.45) is 11.7 Å². The van der Waals surface area contributed by atoms with Crippen LogP contribution in [-0.4, -0.2) is 0 Å². The summed E-state index contributed by atoms with van der Waals surface area (Å²) in [5.74, 6) is 0.451. The molecule has 4 heteroatoms. The second-order valence-corrected chi connectivity index (χ2v) is 4.40. The fraction of sp³-hybridized carbons (Fsp3) is 0.455. The molecule has 1 unspecified atom stereocenters. The van der Waals surface area contributed by atoms with Crippen LogP contribution in [0.3, 0.4) is 0 Å². The minimum absolute atomic E-state index is 0. The van der Waals surface area contributed by atoms with E-state index in [1.165, 1.54) is 0 Å². The molecule has 15 heavy (non-hydrogen) atoms. The Labute approximate surface area is 107 Å². The highest BCUT2D eigenvalue weighted by molar-refractivity contribution is 6.42. The molecular weight excluding hydrogens is 252 g/mol. The van der Waals surface area contributed by atoms with Crippen LogP contribution in [0.5, 0.6) is 0 Å². The Balaban J connectivity index is 0.00000196. The third-order valence-corrected chi connectivity index (χ3v) is 3.32. The molecule has 0 bridgehead atoms. The zero-order chi connectivity index (χ0) is 10.7. The third kappa shape index (κ3) is 3.84. The van der Waals surface area contributed by atoms with Gasteiger partial charge in [0.15, 0.2) is 0 Å². The van der Waals surface area contributed by atoms with Crippen LogP contribution in [0.2, 0.25) is 10.0 Å². The van der Waals surface area contributed by atoms with Gasteiger partial charge in [0, 0.05) is 6.04 Å². The Morgan fingerprint density at radius 3 is 2.33 bits per heavy atom. The summed E-state index contributed by atoms with van der Waals surface area (Å²) in [4.78, 5) is 0. The zero-order valence-corrected chi connectivity index (χ0v) is 11.2. The summed E-state index contributed by atoms with van der Waals surface area (Å²) in [6.07, 6.45) is 1.06. The lowest BCUT2D eigenvalue weighted by molar-refractivity contribution is 0.457. The minimum Gasteiger partial charge on any atom is -0.324 e. The zero-order valence-electron chi connectivity index (χ0n) is 8.84. The van der Waals surface area contributed by atoms with Gasteiger partial charge in [-0.05, 0) is 23.6 Å². The lowest BCUT2D eigenvalue weighted by atomic mass is 9.93. The molecular formula is C11H16Cl3N. The Kier molecular flexibility index (Phi) is 6.62. The number of benzene rings is 1. The van der Waals surface area contributed by atoms with Crippen LogP contribution in [0.1, 0.15) is 31.9 Å². The predicted molar refractivity (Wildman–Crippen MR) is 70.1 cm³/mol. The van der Waals surface area contributed by atoms with Gasteiger partial charge in [-0.1, -0.05) is 49.5 Å². The van der Waals surface area contributed by atoms with Crippen LogP contribution >= 0.6 is 35.6 Å². The van der Waals surface area contributed by atoms with E-state index >= 15 is 0 Å². The molecule has 0 spiro atoms. The summed E-state index contributed by atoms with van der Waals surface area (Å²) in [5, 5.41) is 1.15. The molecule has 0 aliphatic heterocycles. The summed E-state index contributed by atoms with van der Waals surface area (Å²) in [7, 11) is 0. The minimum atomic E-state index is 0. The van der Waals surface area contributed by atoms with Crippen molar-refractivity contribution in [3.63, 3.8) is 0 Å². The molecule has 0 aliphatic carbocycles. The van der Waals surface area contributed by atoms with E-state index in [9.17, 15) is 0 Å². The largest absolute Gasteiger partial charge is 0.324 e. The molecule has 0 aromatic heterocycles. The molecule has 0 fully saturated rings. The Hall–Kier alpha value is 0.0500. The van der Waals surface area contributed by atoms with Crippen molar-refractivity contribution in [1.82, 2.24) is 0 Å². The van der Waals surface area contributed by atoms with Gasteiger partial charge in [-0.15, -0.1) is 12.4 Å². The highest BCUT2D eigenvalue weighted by Crippen LogP contribution is 2.28. The van der Waals surface area contributed by atoms with Gasteiger partial charge in [0.1, 0.15) is 0 Å². The van der Waals surface area contributed by atoms with E-state index in [-0.39, 0.29) is 18.4 Å². The number of hydrogen-bond acceptors (Lipinski definition) is 1. The number of nitrogens with two attached hydrogens (primary N) is 1. The first kappa shape index (κ1) is 15.0. The summed E-state index contributed by atoms with van der Waals surface area (Å²) >= 11 is 11.7. The lowest BCUT2D eigenvalue weighted by Crippen LogP contribution is -2.18. The molecule has 2 N–H and O–H groups in total. The first-order chi connectivity index (χ1) is 6.56. The average molecular weight is 269 g/mol. The van der Waals surface area contributed by atoms with Gasteiger partial charge in [-0.3, -0.25) is 0 Å². The van der Waals surface area contributed by atoms with Crippen LogP contribution in [0.15, 0.2) is 18.2 Å². The SMILES string of the molecule is CCC(C)[C@@H](N)c1ccc(Cl)c(Cl)c1.Cl. The van der Waals surface area contributed by atoms with Gasteiger partial charge >= 0.3 is 0 Å². The summed E-state index contributed by atoms with van der Waals surface area (Å²) < 4.78 is 0. The van der Waals surface area contributed by atoms with Crippen molar-refractivity contribution >= 4 is 35.6 Å². The van der Waals surface area contributed by atoms with Crippen LogP contribution in [0.4, 0.5) is 0 Å². The molecule has 0 saturated carbocycles. The highest BCUT2D eigenvalue weighted by Gasteiger charge is 2.13. The Morgan fingerprint density at radius 1 is 1.27 bits per heavy atom. The first-order valence-electron chi connectivity index (χ1n) is 4.76. The molecule has 1 nitrogen and oxygen atoms in total. The molecule has 1 aromatic carbocycles. The maximum absolute atomic E-state index is 6.07. The van der Waals surface area contributed by atoms with Gasteiger partial charge in [-0.25, -0.2) is 0 Å². The summed E-state index contributed by atoms with van der Waals surface area (Å²) in [5.41, 5.74) is 7.12. The predicted octanol–water partition coefficient (Wildman–Crippen LogP) is 4.46. The fourth-order valence-electron chi connectivity index (χ4n) is 1.30. The van der Waals surface area contributed by atoms with Gasteiger partial charge < -0.3 is 5.73 Å². The van der Waals surface area contributed by atoms with E-state index in [0.29, 0.717) is 16.0 Å². The monoisotopic (exact) mass is 267 g/mol. The number of rotatable bonds is 3. The smallest absolute Gasteiger partial charge is 0.0595 e. The lowest BCUT2D eigenvalue weighted by Gasteiger charge is -2.18. The Bertz CT molecular complexity index is 315. The topological polar surface area (TPSA) is 26.0 Å².